The smallest absolute Gasteiger partial charge is 0.419 e. The molecule has 0 heterocycles. The second kappa shape index (κ2) is 10.3. The minimum atomic E-state index is -4.86. The molecule has 0 aliphatic rings. The van der Waals surface area contributed by atoms with Gasteiger partial charge in [0.1, 0.15) is 29.3 Å². The number of phenols is 1. The van der Waals surface area contributed by atoms with E-state index in [0.717, 1.165) is 17.2 Å². The number of alkyl halides is 3. The van der Waals surface area contributed by atoms with Gasteiger partial charge in [-0.05, 0) is 55.7 Å². The average molecular weight is 502 g/mol. The molecule has 0 bridgehead atoms. The van der Waals surface area contributed by atoms with Gasteiger partial charge in [-0.1, -0.05) is 42.5 Å². The minimum Gasteiger partial charge on any atom is -0.506 e. The average Bonchev–Trinajstić information content (AvgIpc) is 2.75. The summed E-state index contributed by atoms with van der Waals surface area (Å²) >= 11 is 0. The second-order valence-electron chi connectivity index (χ2n) is 9.08. The zero-order valence-electron chi connectivity index (χ0n) is 19.8. The van der Waals surface area contributed by atoms with Gasteiger partial charge in [-0.15, -0.1) is 0 Å². The lowest BCUT2D eigenvalue weighted by Gasteiger charge is -2.22. The van der Waals surface area contributed by atoms with Crippen molar-refractivity contribution in [2.24, 2.45) is 0 Å². The summed E-state index contributed by atoms with van der Waals surface area (Å²) in [5.74, 6) is -2.87. The van der Waals surface area contributed by atoms with E-state index in [-0.39, 0.29) is 18.6 Å². The molecule has 190 valence electrons. The molecular weight excluding hydrogens is 477 g/mol. The van der Waals surface area contributed by atoms with Gasteiger partial charge in [0, 0.05) is 5.56 Å². The molecule has 3 aromatic rings. The van der Waals surface area contributed by atoms with E-state index in [1.807, 2.05) is 6.07 Å². The molecule has 0 amide bonds. The zero-order valence-corrected chi connectivity index (χ0v) is 19.8. The number of hydrogen-bond acceptors (Lipinski definition) is 5. The highest BCUT2D eigenvalue weighted by molar-refractivity contribution is 5.95. The molecular formula is C27H25F3O6. The Morgan fingerprint density at radius 2 is 1.58 bits per heavy atom. The van der Waals surface area contributed by atoms with E-state index in [2.05, 4.69) is 0 Å². The first-order valence-electron chi connectivity index (χ1n) is 10.9. The number of phenolic OH excluding ortho intramolecular Hbond substituents is 1. The molecule has 0 aromatic heterocycles. The summed E-state index contributed by atoms with van der Waals surface area (Å²) in [5.41, 5.74) is -0.657. The predicted molar refractivity (Wildman–Crippen MR) is 126 cm³/mol. The van der Waals surface area contributed by atoms with Crippen LogP contribution in [-0.2, 0) is 28.7 Å². The third-order valence-electron chi connectivity index (χ3n) is 5.04. The lowest BCUT2D eigenvalue weighted by Crippen LogP contribution is -2.25. The van der Waals surface area contributed by atoms with Gasteiger partial charge >= 0.3 is 18.1 Å². The monoisotopic (exact) mass is 502 g/mol. The normalized spacial score (nSPS) is 11.7. The highest BCUT2D eigenvalue weighted by Gasteiger charge is 2.37. The van der Waals surface area contributed by atoms with Crippen molar-refractivity contribution in [2.75, 3.05) is 0 Å². The van der Waals surface area contributed by atoms with Gasteiger partial charge in [-0.3, -0.25) is 4.79 Å². The van der Waals surface area contributed by atoms with E-state index >= 15 is 0 Å². The van der Waals surface area contributed by atoms with Gasteiger partial charge in [-0.25, -0.2) is 4.79 Å². The van der Waals surface area contributed by atoms with Crippen molar-refractivity contribution in [2.45, 2.75) is 45.6 Å². The van der Waals surface area contributed by atoms with Gasteiger partial charge in [0.2, 0.25) is 0 Å². The molecule has 0 aliphatic carbocycles. The van der Waals surface area contributed by atoms with E-state index in [9.17, 15) is 27.9 Å². The number of aliphatic carboxylic acids is 1. The SMILES string of the molecule is CC(C)(C)OC(=O)c1c(COc2ccc(-c3cccc(CC(=O)O)c3)cc2)ccc(C(F)(F)F)c1O. The van der Waals surface area contributed by atoms with Crippen molar-refractivity contribution in [3.63, 3.8) is 0 Å². The van der Waals surface area contributed by atoms with Crippen LogP contribution < -0.4 is 4.74 Å². The Balaban J connectivity index is 1.84. The highest BCUT2D eigenvalue weighted by atomic mass is 19.4. The molecule has 2 N–H and O–H groups in total. The summed E-state index contributed by atoms with van der Waals surface area (Å²) in [5, 5.41) is 19.3. The topological polar surface area (TPSA) is 93.1 Å². The molecule has 0 atom stereocenters. The van der Waals surface area contributed by atoms with Crippen LogP contribution in [-0.4, -0.2) is 27.8 Å². The van der Waals surface area contributed by atoms with Crippen LogP contribution in [0.15, 0.2) is 60.7 Å². The van der Waals surface area contributed by atoms with Crippen molar-refractivity contribution in [1.82, 2.24) is 0 Å². The van der Waals surface area contributed by atoms with Gasteiger partial charge < -0.3 is 19.7 Å². The molecule has 0 saturated carbocycles. The molecule has 0 unspecified atom stereocenters. The number of aromatic hydroxyl groups is 1. The molecule has 6 nitrogen and oxygen atoms in total. The Morgan fingerprint density at radius 3 is 2.17 bits per heavy atom. The van der Waals surface area contributed by atoms with Crippen LogP contribution in [0.2, 0.25) is 0 Å². The fraction of sp³-hybridized carbons (Fsp3) is 0.259. The summed E-state index contributed by atoms with van der Waals surface area (Å²) < 4.78 is 50.8. The lowest BCUT2D eigenvalue weighted by molar-refractivity contribution is -0.139. The molecule has 0 fully saturated rings. The van der Waals surface area contributed by atoms with Gasteiger partial charge in [-0.2, -0.15) is 13.2 Å². The Bertz CT molecular complexity index is 1260. The summed E-state index contributed by atoms with van der Waals surface area (Å²) in [6.07, 6.45) is -4.97. The number of rotatable bonds is 7. The third kappa shape index (κ3) is 6.78. The number of esters is 1. The molecule has 0 radical (unpaired) electrons. The van der Waals surface area contributed by atoms with Crippen molar-refractivity contribution in [3.8, 4) is 22.6 Å². The summed E-state index contributed by atoms with van der Waals surface area (Å²) in [4.78, 5) is 23.6. The van der Waals surface area contributed by atoms with Crippen molar-refractivity contribution in [1.29, 1.82) is 0 Å². The molecule has 0 aliphatic heterocycles. The molecule has 3 rings (SSSR count). The lowest BCUT2D eigenvalue weighted by atomic mass is 10.0. The highest BCUT2D eigenvalue weighted by Crippen LogP contribution is 2.39. The van der Waals surface area contributed by atoms with Crippen LogP contribution in [0.4, 0.5) is 13.2 Å². The second-order valence-corrected chi connectivity index (χ2v) is 9.08. The molecule has 9 heteroatoms. The first-order chi connectivity index (χ1) is 16.7. The maximum Gasteiger partial charge on any atom is 0.419 e. The molecule has 0 saturated heterocycles. The van der Waals surface area contributed by atoms with E-state index in [1.165, 1.54) is 0 Å². The Labute approximate surface area is 205 Å². The number of carbonyl (C=O) groups excluding carboxylic acids is 1. The van der Waals surface area contributed by atoms with Crippen molar-refractivity contribution < 1.29 is 42.4 Å². The van der Waals surface area contributed by atoms with Crippen LogP contribution in [0, 0.1) is 0 Å². The first-order valence-corrected chi connectivity index (χ1v) is 10.9. The van der Waals surface area contributed by atoms with Crippen molar-refractivity contribution >= 4 is 11.9 Å². The fourth-order valence-corrected chi connectivity index (χ4v) is 3.48. The number of carboxylic acid groups (broad SMARTS) is 1. The fourth-order valence-electron chi connectivity index (χ4n) is 3.48. The number of halogens is 3. The Hall–Kier alpha value is -4.01. The van der Waals surface area contributed by atoms with Crippen LogP contribution in [0.3, 0.4) is 0 Å². The van der Waals surface area contributed by atoms with Crippen LogP contribution in [0.5, 0.6) is 11.5 Å². The van der Waals surface area contributed by atoms with E-state index < -0.39 is 40.6 Å². The summed E-state index contributed by atoms with van der Waals surface area (Å²) in [6, 6.07) is 15.6. The number of ether oxygens (including phenoxy) is 2. The Kier molecular flexibility index (Phi) is 7.62. The number of carbonyl (C=O) groups is 2. The molecule has 3 aromatic carbocycles. The number of hydrogen-bond donors (Lipinski definition) is 2. The van der Waals surface area contributed by atoms with Crippen LogP contribution in [0.1, 0.15) is 47.8 Å². The van der Waals surface area contributed by atoms with Crippen LogP contribution in [0.25, 0.3) is 11.1 Å². The van der Waals surface area contributed by atoms with E-state index in [4.69, 9.17) is 14.6 Å². The Morgan fingerprint density at radius 1 is 0.917 bits per heavy atom. The first kappa shape index (κ1) is 26.6. The largest absolute Gasteiger partial charge is 0.506 e. The quantitative estimate of drug-likeness (QED) is 0.372. The predicted octanol–water partition coefficient (Wildman–Crippen LogP) is 6.24. The standard InChI is InChI=1S/C27H25F3O6/c1-26(2,3)36-25(34)23-19(9-12-21(24(23)33)27(28,29)30)15-35-20-10-7-17(8-11-20)18-6-4-5-16(13-18)14-22(31)32/h4-13,33H,14-15H2,1-3H3,(H,31,32). The maximum absolute atomic E-state index is 13.3. The van der Waals surface area contributed by atoms with E-state index in [1.54, 1.807) is 63.2 Å². The van der Waals surface area contributed by atoms with Gasteiger partial charge in [0.05, 0.1) is 12.0 Å². The summed E-state index contributed by atoms with van der Waals surface area (Å²) in [6.45, 7) is 4.38. The summed E-state index contributed by atoms with van der Waals surface area (Å²) in [7, 11) is 0. The van der Waals surface area contributed by atoms with E-state index in [0.29, 0.717) is 17.4 Å². The molecule has 0 spiro atoms. The minimum absolute atomic E-state index is 0.0280. The molecule has 36 heavy (non-hydrogen) atoms. The number of carboxylic acids is 1. The van der Waals surface area contributed by atoms with Gasteiger partial charge in [0.25, 0.3) is 0 Å². The zero-order chi connectivity index (χ0) is 26.7. The van der Waals surface area contributed by atoms with Crippen molar-refractivity contribution in [3.05, 3.63) is 82.9 Å². The van der Waals surface area contributed by atoms with Gasteiger partial charge in [0.15, 0.2) is 0 Å². The third-order valence-corrected chi connectivity index (χ3v) is 5.04. The number of benzene rings is 3. The van der Waals surface area contributed by atoms with Crippen LogP contribution >= 0.6 is 0 Å². The maximum atomic E-state index is 13.3.